The average Bonchev–Trinajstić information content (AvgIpc) is 3.00. The molecule has 0 aromatic heterocycles. The summed E-state index contributed by atoms with van der Waals surface area (Å²) < 4.78 is 0. The van der Waals surface area contributed by atoms with E-state index in [2.05, 4.69) is 36.5 Å². The summed E-state index contributed by atoms with van der Waals surface area (Å²) in [5.74, 6) is 0. The number of hydrogen-bond acceptors (Lipinski definition) is 1. The van der Waals surface area contributed by atoms with Crippen LogP contribution in [0.2, 0.25) is 5.02 Å². The second-order valence-corrected chi connectivity index (χ2v) is 6.08. The summed E-state index contributed by atoms with van der Waals surface area (Å²) in [7, 11) is 0. The van der Waals surface area contributed by atoms with E-state index < -0.39 is 0 Å². The van der Waals surface area contributed by atoms with Gasteiger partial charge in [0.1, 0.15) is 0 Å². The van der Waals surface area contributed by atoms with E-state index in [-0.39, 0.29) is 12.1 Å². The molecule has 0 aliphatic carbocycles. The van der Waals surface area contributed by atoms with Gasteiger partial charge in [-0.05, 0) is 37.5 Å². The molecule has 2 aromatic carbocycles. The Morgan fingerprint density at radius 2 is 1.91 bits per heavy atom. The summed E-state index contributed by atoms with van der Waals surface area (Å²) in [6.07, 6.45) is 2.02. The van der Waals surface area contributed by atoms with E-state index >= 15 is 0 Å². The number of para-hydroxylation sites is 1. The lowest BCUT2D eigenvalue weighted by Gasteiger charge is -2.25. The normalized spacial score (nSPS) is 17.5. The fraction of sp³-hybridized carbons (Fsp3) is 0.278. The molecule has 1 aliphatic heterocycles. The topological polar surface area (TPSA) is 32.3 Å². The van der Waals surface area contributed by atoms with Crippen LogP contribution in [0.4, 0.5) is 10.5 Å². The molecule has 114 valence electrons. The first-order chi connectivity index (χ1) is 10.6. The molecular weight excluding hydrogens is 296 g/mol. The Bertz CT molecular complexity index is 669. The first-order valence-electron chi connectivity index (χ1n) is 7.54. The summed E-state index contributed by atoms with van der Waals surface area (Å²) >= 11 is 6.11. The van der Waals surface area contributed by atoms with Gasteiger partial charge in [-0.3, -0.25) is 0 Å². The zero-order valence-electron chi connectivity index (χ0n) is 12.6. The second-order valence-electron chi connectivity index (χ2n) is 5.67. The molecule has 3 nitrogen and oxygen atoms in total. The zero-order valence-corrected chi connectivity index (χ0v) is 13.3. The van der Waals surface area contributed by atoms with E-state index in [0.29, 0.717) is 10.7 Å². The number of benzene rings is 2. The highest BCUT2D eigenvalue weighted by atomic mass is 35.5. The minimum absolute atomic E-state index is 0.0869. The van der Waals surface area contributed by atoms with Crippen molar-refractivity contribution in [3.05, 3.63) is 64.7 Å². The number of carbonyl (C=O) groups excluding carboxylic acids is 1. The molecule has 2 aromatic rings. The van der Waals surface area contributed by atoms with Gasteiger partial charge in [-0.15, -0.1) is 0 Å². The Hall–Kier alpha value is -2.00. The Morgan fingerprint density at radius 1 is 1.18 bits per heavy atom. The highest BCUT2D eigenvalue weighted by Gasteiger charge is 2.30. The molecule has 0 bridgehead atoms. The van der Waals surface area contributed by atoms with Crippen molar-refractivity contribution in [2.24, 2.45) is 0 Å². The Labute approximate surface area is 135 Å². The lowest BCUT2D eigenvalue weighted by molar-refractivity contribution is 0.207. The summed E-state index contributed by atoms with van der Waals surface area (Å²) in [5, 5.41) is 3.48. The van der Waals surface area contributed by atoms with Crippen LogP contribution in [0.3, 0.4) is 0 Å². The lowest BCUT2D eigenvalue weighted by Crippen LogP contribution is -2.34. The SMILES string of the molecule is Cc1ccc([C@H]2CCCN2C(=O)Nc2ccccc2Cl)cc1. The van der Waals surface area contributed by atoms with Crippen molar-refractivity contribution in [2.45, 2.75) is 25.8 Å². The maximum atomic E-state index is 12.6. The van der Waals surface area contributed by atoms with Gasteiger partial charge in [0.2, 0.25) is 0 Å². The number of nitrogens with one attached hydrogen (secondary N) is 1. The van der Waals surface area contributed by atoms with Crippen LogP contribution in [-0.2, 0) is 0 Å². The molecule has 1 heterocycles. The van der Waals surface area contributed by atoms with Crippen LogP contribution in [0, 0.1) is 6.92 Å². The molecule has 1 aliphatic rings. The van der Waals surface area contributed by atoms with Gasteiger partial charge in [-0.2, -0.15) is 0 Å². The predicted octanol–water partition coefficient (Wildman–Crippen LogP) is 5.02. The molecule has 0 radical (unpaired) electrons. The second kappa shape index (κ2) is 6.41. The van der Waals surface area contributed by atoms with E-state index in [1.807, 2.05) is 23.1 Å². The van der Waals surface area contributed by atoms with E-state index in [1.165, 1.54) is 11.1 Å². The molecule has 0 spiro atoms. The van der Waals surface area contributed by atoms with E-state index in [4.69, 9.17) is 11.6 Å². The lowest BCUT2D eigenvalue weighted by atomic mass is 10.0. The Balaban J connectivity index is 1.76. The van der Waals surface area contributed by atoms with Crippen LogP contribution in [0.1, 0.15) is 30.0 Å². The van der Waals surface area contributed by atoms with Crippen LogP contribution in [0.25, 0.3) is 0 Å². The standard InChI is InChI=1S/C18H19ClN2O/c1-13-8-10-14(11-9-13)17-7-4-12-21(17)18(22)20-16-6-3-2-5-15(16)19/h2-3,5-6,8-11,17H,4,7,12H2,1H3,(H,20,22)/t17-/m1/s1. The van der Waals surface area contributed by atoms with Crippen molar-refractivity contribution < 1.29 is 4.79 Å². The minimum Gasteiger partial charge on any atom is -0.317 e. The Kier molecular flexibility index (Phi) is 4.34. The molecule has 2 amide bonds. The zero-order chi connectivity index (χ0) is 15.5. The van der Waals surface area contributed by atoms with Gasteiger partial charge in [0, 0.05) is 6.54 Å². The van der Waals surface area contributed by atoms with Gasteiger partial charge in [-0.1, -0.05) is 53.6 Å². The van der Waals surface area contributed by atoms with Gasteiger partial charge >= 0.3 is 6.03 Å². The summed E-state index contributed by atoms with van der Waals surface area (Å²) in [6, 6.07) is 15.8. The number of carbonyl (C=O) groups is 1. The third-order valence-corrected chi connectivity index (χ3v) is 4.42. The van der Waals surface area contributed by atoms with Gasteiger partial charge in [0.05, 0.1) is 16.8 Å². The smallest absolute Gasteiger partial charge is 0.317 e. The number of aryl methyl sites for hydroxylation is 1. The first-order valence-corrected chi connectivity index (χ1v) is 7.91. The van der Waals surface area contributed by atoms with Crippen molar-refractivity contribution in [1.82, 2.24) is 4.90 Å². The average molecular weight is 315 g/mol. The van der Waals surface area contributed by atoms with E-state index in [0.717, 1.165) is 19.4 Å². The van der Waals surface area contributed by atoms with Crippen molar-refractivity contribution in [2.75, 3.05) is 11.9 Å². The Morgan fingerprint density at radius 3 is 2.64 bits per heavy atom. The maximum Gasteiger partial charge on any atom is 0.322 e. The van der Waals surface area contributed by atoms with E-state index in [1.54, 1.807) is 6.07 Å². The van der Waals surface area contributed by atoms with Gasteiger partial charge in [0.25, 0.3) is 0 Å². The quantitative estimate of drug-likeness (QED) is 0.829. The van der Waals surface area contributed by atoms with Crippen LogP contribution < -0.4 is 5.32 Å². The molecule has 3 rings (SSSR count). The number of hydrogen-bond donors (Lipinski definition) is 1. The molecule has 0 saturated carbocycles. The van der Waals surface area contributed by atoms with Crippen LogP contribution in [0.5, 0.6) is 0 Å². The molecule has 1 N–H and O–H groups in total. The number of anilines is 1. The van der Waals surface area contributed by atoms with Crippen molar-refractivity contribution in [1.29, 1.82) is 0 Å². The van der Waals surface area contributed by atoms with Crippen LogP contribution in [-0.4, -0.2) is 17.5 Å². The third kappa shape index (κ3) is 3.09. The van der Waals surface area contributed by atoms with Crippen molar-refractivity contribution in [3.8, 4) is 0 Å². The van der Waals surface area contributed by atoms with Gasteiger partial charge in [0.15, 0.2) is 0 Å². The van der Waals surface area contributed by atoms with Gasteiger partial charge < -0.3 is 10.2 Å². The fourth-order valence-corrected chi connectivity index (χ4v) is 3.08. The van der Waals surface area contributed by atoms with Gasteiger partial charge in [-0.25, -0.2) is 4.79 Å². The number of nitrogens with zero attached hydrogens (tertiary/aromatic N) is 1. The molecule has 1 saturated heterocycles. The summed E-state index contributed by atoms with van der Waals surface area (Å²) in [6.45, 7) is 2.84. The molecule has 1 fully saturated rings. The van der Waals surface area contributed by atoms with Crippen molar-refractivity contribution >= 4 is 23.3 Å². The number of urea groups is 1. The fourth-order valence-electron chi connectivity index (χ4n) is 2.89. The highest BCUT2D eigenvalue weighted by molar-refractivity contribution is 6.33. The number of halogens is 1. The van der Waals surface area contributed by atoms with Crippen molar-refractivity contribution in [3.63, 3.8) is 0 Å². The largest absolute Gasteiger partial charge is 0.322 e. The molecule has 4 heteroatoms. The number of likely N-dealkylation sites (tertiary alicyclic amines) is 1. The monoisotopic (exact) mass is 314 g/mol. The molecular formula is C18H19ClN2O. The van der Waals surface area contributed by atoms with E-state index in [9.17, 15) is 4.79 Å². The number of amides is 2. The maximum absolute atomic E-state index is 12.6. The third-order valence-electron chi connectivity index (χ3n) is 4.09. The summed E-state index contributed by atoms with van der Waals surface area (Å²) in [5.41, 5.74) is 3.08. The van der Waals surface area contributed by atoms with Crippen LogP contribution in [0.15, 0.2) is 48.5 Å². The summed E-state index contributed by atoms with van der Waals surface area (Å²) in [4.78, 5) is 14.5. The first kappa shape index (κ1) is 14.9. The minimum atomic E-state index is -0.0869. The molecule has 0 unspecified atom stereocenters. The highest BCUT2D eigenvalue weighted by Crippen LogP contribution is 2.33. The number of rotatable bonds is 2. The molecule has 1 atom stereocenters. The van der Waals surface area contributed by atoms with Crippen LogP contribution >= 0.6 is 11.6 Å². The molecule has 22 heavy (non-hydrogen) atoms. The predicted molar refractivity (Wildman–Crippen MR) is 90.3 cm³/mol.